The summed E-state index contributed by atoms with van der Waals surface area (Å²) < 4.78 is 0. The molecule has 2 saturated heterocycles. The number of piperidine rings is 1. The third kappa shape index (κ3) is 3.08. The first-order valence-electron chi connectivity index (χ1n) is 10.1. The number of nitrogens with zero attached hydrogens (tertiary/aromatic N) is 5. The van der Waals surface area contributed by atoms with Crippen molar-refractivity contribution in [2.45, 2.75) is 32.7 Å². The smallest absolute Gasteiger partial charge is 0.230 e. The van der Waals surface area contributed by atoms with Crippen LogP contribution >= 0.6 is 0 Å². The highest BCUT2D eigenvalue weighted by Crippen LogP contribution is 2.42. The summed E-state index contributed by atoms with van der Waals surface area (Å²) in [6.45, 7) is 5.02. The van der Waals surface area contributed by atoms with Gasteiger partial charge in [0, 0.05) is 26.2 Å². The zero-order chi connectivity index (χ0) is 20.0. The van der Waals surface area contributed by atoms with Crippen LogP contribution in [0.2, 0.25) is 0 Å². The van der Waals surface area contributed by atoms with E-state index in [2.05, 4.69) is 56.3 Å². The second kappa shape index (κ2) is 6.72. The van der Waals surface area contributed by atoms with Crippen molar-refractivity contribution in [3.63, 3.8) is 0 Å². The summed E-state index contributed by atoms with van der Waals surface area (Å²) in [5, 5.41) is 7.78. The number of H-pyrrole nitrogens is 1. The molecular weight excluding hydrogens is 366 g/mol. The van der Waals surface area contributed by atoms with Gasteiger partial charge in [-0.15, -0.1) is 0 Å². The second-order valence-electron chi connectivity index (χ2n) is 8.31. The van der Waals surface area contributed by atoms with Crippen LogP contribution < -0.4 is 10.6 Å². The van der Waals surface area contributed by atoms with Crippen LogP contribution in [0.5, 0.6) is 0 Å². The summed E-state index contributed by atoms with van der Waals surface area (Å²) in [6, 6.07) is 8.40. The van der Waals surface area contributed by atoms with E-state index in [1.54, 1.807) is 6.20 Å². The number of hydrogen-bond acceptors (Lipinski definition) is 6. The molecule has 2 aliphatic rings. The first-order chi connectivity index (χ1) is 14.0. The Balaban J connectivity index is 1.39. The number of nitrogens with one attached hydrogen (secondary N) is 1. The lowest BCUT2D eigenvalue weighted by Crippen LogP contribution is -2.49. The van der Waals surface area contributed by atoms with Crippen LogP contribution in [0.3, 0.4) is 0 Å². The Hall–Kier alpha value is -3.16. The zero-order valence-corrected chi connectivity index (χ0v) is 16.6. The predicted octanol–water partition coefficient (Wildman–Crippen LogP) is 2.26. The monoisotopic (exact) mass is 391 g/mol. The van der Waals surface area contributed by atoms with Gasteiger partial charge in [0.25, 0.3) is 0 Å². The minimum absolute atomic E-state index is 0.216. The van der Waals surface area contributed by atoms with Crippen molar-refractivity contribution in [1.29, 1.82) is 0 Å². The van der Waals surface area contributed by atoms with Crippen molar-refractivity contribution in [2.24, 2.45) is 5.41 Å². The van der Waals surface area contributed by atoms with E-state index < -0.39 is 0 Å². The van der Waals surface area contributed by atoms with Crippen LogP contribution in [0.15, 0.2) is 30.5 Å². The summed E-state index contributed by atoms with van der Waals surface area (Å²) in [5.74, 6) is 1.24. The van der Waals surface area contributed by atoms with Gasteiger partial charge in [0.1, 0.15) is 5.82 Å². The molecule has 2 aliphatic heterocycles. The highest BCUT2D eigenvalue weighted by molar-refractivity contribution is 5.89. The maximum Gasteiger partial charge on any atom is 0.230 e. The van der Waals surface area contributed by atoms with Crippen molar-refractivity contribution >= 4 is 28.7 Å². The molecule has 0 radical (unpaired) electrons. The number of rotatable bonds is 3. The Morgan fingerprint density at radius 1 is 1.24 bits per heavy atom. The summed E-state index contributed by atoms with van der Waals surface area (Å²) >= 11 is 0. The number of hydrogen-bond donors (Lipinski definition) is 2. The number of carbonyl (C=O) groups is 1. The molecular formula is C21H25N7O. The molecule has 1 aromatic carbocycles. The van der Waals surface area contributed by atoms with Gasteiger partial charge in [-0.1, -0.05) is 29.8 Å². The molecule has 8 heteroatoms. The molecule has 1 atom stereocenters. The molecule has 0 aliphatic carbocycles. The van der Waals surface area contributed by atoms with Gasteiger partial charge in [0.05, 0.1) is 17.0 Å². The van der Waals surface area contributed by atoms with Gasteiger partial charge in [0.2, 0.25) is 11.9 Å². The van der Waals surface area contributed by atoms with E-state index >= 15 is 0 Å². The molecule has 4 heterocycles. The number of fused-ring (bicyclic) bond motifs is 1. The molecule has 0 bridgehead atoms. The molecule has 1 spiro atoms. The molecule has 2 fully saturated rings. The van der Waals surface area contributed by atoms with Crippen molar-refractivity contribution in [2.75, 3.05) is 30.3 Å². The molecule has 8 nitrogen and oxygen atoms in total. The SMILES string of the molecule is Cc1cccc(CN2CCC[C@@]3(CCN(c4nc(N)nc5[nH]ncc45)C3)C2=O)c1. The largest absolute Gasteiger partial charge is 0.368 e. The van der Waals surface area contributed by atoms with E-state index in [1.807, 2.05) is 4.90 Å². The molecule has 0 saturated carbocycles. The molecule has 3 aromatic rings. The third-order valence-corrected chi connectivity index (χ3v) is 6.24. The van der Waals surface area contributed by atoms with Gasteiger partial charge in [-0.2, -0.15) is 15.1 Å². The van der Waals surface area contributed by atoms with E-state index in [0.29, 0.717) is 18.7 Å². The number of aromatic nitrogens is 4. The topological polar surface area (TPSA) is 104 Å². The molecule has 150 valence electrons. The van der Waals surface area contributed by atoms with Crippen molar-refractivity contribution in [1.82, 2.24) is 25.1 Å². The number of aryl methyl sites for hydroxylation is 1. The fraction of sp³-hybridized carbons (Fsp3) is 0.429. The van der Waals surface area contributed by atoms with Crippen molar-refractivity contribution in [3.8, 4) is 0 Å². The lowest BCUT2D eigenvalue weighted by atomic mass is 9.78. The fourth-order valence-corrected chi connectivity index (χ4v) is 4.84. The number of amides is 1. The second-order valence-corrected chi connectivity index (χ2v) is 8.31. The number of benzene rings is 1. The highest BCUT2D eigenvalue weighted by atomic mass is 16.2. The molecule has 1 amide bonds. The molecule has 3 N–H and O–H groups in total. The van der Waals surface area contributed by atoms with Crippen molar-refractivity contribution < 1.29 is 4.79 Å². The van der Waals surface area contributed by atoms with E-state index in [0.717, 1.165) is 43.6 Å². The van der Waals surface area contributed by atoms with E-state index in [4.69, 9.17) is 5.73 Å². The Kier molecular flexibility index (Phi) is 4.15. The predicted molar refractivity (Wildman–Crippen MR) is 111 cm³/mol. The highest BCUT2D eigenvalue weighted by Gasteiger charge is 2.48. The first-order valence-corrected chi connectivity index (χ1v) is 10.1. The van der Waals surface area contributed by atoms with Crippen LogP contribution in [0.1, 0.15) is 30.4 Å². The maximum absolute atomic E-state index is 13.5. The van der Waals surface area contributed by atoms with Gasteiger partial charge in [-0.25, -0.2) is 0 Å². The Morgan fingerprint density at radius 3 is 3.00 bits per heavy atom. The van der Waals surface area contributed by atoms with Crippen LogP contribution in [-0.4, -0.2) is 50.6 Å². The van der Waals surface area contributed by atoms with Gasteiger partial charge >= 0.3 is 0 Å². The Labute approximate surface area is 169 Å². The van der Waals surface area contributed by atoms with Gasteiger partial charge in [0.15, 0.2) is 5.65 Å². The van der Waals surface area contributed by atoms with Crippen LogP contribution in [-0.2, 0) is 11.3 Å². The number of nitrogen functional groups attached to an aromatic ring is 1. The Bertz CT molecular complexity index is 1080. The molecule has 0 unspecified atom stereocenters. The number of carbonyl (C=O) groups excluding carboxylic acids is 1. The maximum atomic E-state index is 13.5. The average Bonchev–Trinajstić information content (AvgIpc) is 3.33. The minimum atomic E-state index is -0.349. The summed E-state index contributed by atoms with van der Waals surface area (Å²) in [5.41, 5.74) is 8.59. The molecule has 29 heavy (non-hydrogen) atoms. The van der Waals surface area contributed by atoms with Crippen LogP contribution in [0.25, 0.3) is 11.0 Å². The normalized spacial score (nSPS) is 22.2. The van der Waals surface area contributed by atoms with Crippen LogP contribution in [0, 0.1) is 12.3 Å². The quantitative estimate of drug-likeness (QED) is 0.710. The van der Waals surface area contributed by atoms with Gasteiger partial charge < -0.3 is 15.5 Å². The number of nitrogens with two attached hydrogens (primary N) is 1. The van der Waals surface area contributed by atoms with Crippen LogP contribution in [0.4, 0.5) is 11.8 Å². The average molecular weight is 391 g/mol. The first kappa shape index (κ1) is 17.9. The number of likely N-dealkylation sites (tertiary alicyclic amines) is 1. The van der Waals surface area contributed by atoms with E-state index in [9.17, 15) is 4.79 Å². The molecule has 2 aromatic heterocycles. The molecule has 5 rings (SSSR count). The fourth-order valence-electron chi connectivity index (χ4n) is 4.84. The minimum Gasteiger partial charge on any atom is -0.368 e. The van der Waals surface area contributed by atoms with E-state index in [-0.39, 0.29) is 17.3 Å². The van der Waals surface area contributed by atoms with Gasteiger partial charge in [-0.3, -0.25) is 9.89 Å². The van der Waals surface area contributed by atoms with Gasteiger partial charge in [-0.05, 0) is 31.7 Å². The third-order valence-electron chi connectivity index (χ3n) is 6.24. The van der Waals surface area contributed by atoms with E-state index in [1.165, 1.54) is 11.1 Å². The lowest BCUT2D eigenvalue weighted by Gasteiger charge is -2.39. The van der Waals surface area contributed by atoms with Crippen molar-refractivity contribution in [3.05, 3.63) is 41.6 Å². The zero-order valence-electron chi connectivity index (χ0n) is 16.6. The lowest BCUT2D eigenvalue weighted by molar-refractivity contribution is -0.145. The summed E-state index contributed by atoms with van der Waals surface area (Å²) in [6.07, 6.45) is 4.50. The Morgan fingerprint density at radius 2 is 2.14 bits per heavy atom. The summed E-state index contributed by atoms with van der Waals surface area (Å²) in [4.78, 5) is 26.4. The number of aromatic amines is 1. The number of anilines is 2. The summed E-state index contributed by atoms with van der Waals surface area (Å²) in [7, 11) is 0. The standard InChI is InChI=1S/C21H25N7O/c1-14-4-2-5-15(10-14)12-27-8-3-6-21(19(27)29)7-9-28(13-21)18-16-11-23-26-17(16)24-20(22)25-18/h2,4-5,10-11H,3,6-9,12-13H2,1H3,(H3,22,23,24,25,26)/t21-/m0/s1.